The van der Waals surface area contributed by atoms with Gasteiger partial charge in [-0.2, -0.15) is 0 Å². The molecule has 0 aromatic heterocycles. The minimum atomic E-state index is 0.781. The summed E-state index contributed by atoms with van der Waals surface area (Å²) in [4.78, 5) is 0. The van der Waals surface area contributed by atoms with Gasteiger partial charge in [-0.05, 0) is 42.9 Å². The van der Waals surface area contributed by atoms with E-state index in [4.69, 9.17) is 5.73 Å². The average Bonchev–Trinajstić information content (AvgIpc) is 2.36. The van der Waals surface area contributed by atoms with Crippen LogP contribution in [-0.4, -0.2) is 6.54 Å². The molecular weight excluding hydrogens is 206 g/mol. The molecule has 0 aliphatic heterocycles. The van der Waals surface area contributed by atoms with E-state index in [0.29, 0.717) is 0 Å². The summed E-state index contributed by atoms with van der Waals surface area (Å²) in [5, 5.41) is 0. The van der Waals surface area contributed by atoms with Gasteiger partial charge in [0.15, 0.2) is 0 Å². The zero-order valence-electron chi connectivity index (χ0n) is 11.0. The standard InChI is InChI=1S/C16H25N/c1-3-7-15(10-6-11-17)13-16-9-5-8-14(4-2)12-16/h4-5,8-9,12,15H,2-3,6-7,10-11,13,17H2,1H3. The molecular formula is C16H25N. The summed E-state index contributed by atoms with van der Waals surface area (Å²) in [7, 11) is 0. The molecule has 94 valence electrons. The van der Waals surface area contributed by atoms with Crippen molar-refractivity contribution >= 4 is 6.08 Å². The van der Waals surface area contributed by atoms with Crippen LogP contribution in [0, 0.1) is 5.92 Å². The summed E-state index contributed by atoms with van der Waals surface area (Å²) in [6.07, 6.45) is 8.05. The van der Waals surface area contributed by atoms with Gasteiger partial charge in [-0.1, -0.05) is 56.7 Å². The Balaban J connectivity index is 2.60. The molecule has 0 fully saturated rings. The smallest absolute Gasteiger partial charge is 0.00772 e. The fraction of sp³-hybridized carbons (Fsp3) is 0.500. The lowest BCUT2D eigenvalue weighted by Crippen LogP contribution is -2.08. The van der Waals surface area contributed by atoms with Crippen LogP contribution in [0.1, 0.15) is 43.7 Å². The minimum Gasteiger partial charge on any atom is -0.330 e. The Labute approximate surface area is 106 Å². The van der Waals surface area contributed by atoms with Gasteiger partial charge in [0.25, 0.3) is 0 Å². The summed E-state index contributed by atoms with van der Waals surface area (Å²) >= 11 is 0. The molecule has 0 bridgehead atoms. The Hall–Kier alpha value is -1.08. The Morgan fingerprint density at radius 1 is 1.35 bits per heavy atom. The van der Waals surface area contributed by atoms with Gasteiger partial charge < -0.3 is 5.73 Å². The van der Waals surface area contributed by atoms with Crippen LogP contribution < -0.4 is 5.73 Å². The third-order valence-electron chi connectivity index (χ3n) is 3.22. The second kappa shape index (κ2) is 8.08. The lowest BCUT2D eigenvalue weighted by Gasteiger charge is -2.16. The van der Waals surface area contributed by atoms with E-state index in [2.05, 4.69) is 37.8 Å². The van der Waals surface area contributed by atoms with Crippen molar-refractivity contribution in [3.63, 3.8) is 0 Å². The molecule has 0 saturated carbocycles. The van der Waals surface area contributed by atoms with Crippen molar-refractivity contribution in [2.24, 2.45) is 11.7 Å². The summed E-state index contributed by atoms with van der Waals surface area (Å²) in [6, 6.07) is 8.69. The second-order valence-corrected chi connectivity index (χ2v) is 4.74. The molecule has 17 heavy (non-hydrogen) atoms. The fourth-order valence-electron chi connectivity index (χ4n) is 2.34. The lowest BCUT2D eigenvalue weighted by molar-refractivity contribution is 0.432. The Kier molecular flexibility index (Phi) is 6.64. The topological polar surface area (TPSA) is 26.0 Å². The molecule has 1 aromatic carbocycles. The van der Waals surface area contributed by atoms with Gasteiger partial charge in [0.05, 0.1) is 0 Å². The summed E-state index contributed by atoms with van der Waals surface area (Å²) in [5.74, 6) is 0.781. The van der Waals surface area contributed by atoms with Gasteiger partial charge in [0, 0.05) is 0 Å². The minimum absolute atomic E-state index is 0.781. The van der Waals surface area contributed by atoms with E-state index in [-0.39, 0.29) is 0 Å². The van der Waals surface area contributed by atoms with E-state index in [1.165, 1.54) is 36.8 Å². The molecule has 1 nitrogen and oxygen atoms in total. The molecule has 1 heteroatoms. The quantitative estimate of drug-likeness (QED) is 0.718. The first-order valence-corrected chi connectivity index (χ1v) is 6.71. The summed E-state index contributed by atoms with van der Waals surface area (Å²) in [5.41, 5.74) is 8.25. The molecule has 1 aromatic rings. The zero-order valence-corrected chi connectivity index (χ0v) is 11.0. The molecule has 0 heterocycles. The van der Waals surface area contributed by atoms with E-state index in [1.807, 2.05) is 6.08 Å². The van der Waals surface area contributed by atoms with Crippen LogP contribution in [0.15, 0.2) is 30.8 Å². The molecule has 2 N–H and O–H groups in total. The molecule has 0 aliphatic carbocycles. The normalized spacial score (nSPS) is 12.4. The molecule has 0 radical (unpaired) electrons. The Morgan fingerprint density at radius 2 is 2.18 bits per heavy atom. The highest BCUT2D eigenvalue weighted by molar-refractivity contribution is 5.47. The molecule has 0 spiro atoms. The van der Waals surface area contributed by atoms with Crippen LogP contribution in [0.5, 0.6) is 0 Å². The number of hydrogen-bond donors (Lipinski definition) is 1. The average molecular weight is 231 g/mol. The molecule has 0 saturated heterocycles. The van der Waals surface area contributed by atoms with Gasteiger partial charge in [0.1, 0.15) is 0 Å². The first kappa shape index (κ1) is 14.0. The van der Waals surface area contributed by atoms with Crippen LogP contribution in [-0.2, 0) is 6.42 Å². The maximum absolute atomic E-state index is 5.60. The van der Waals surface area contributed by atoms with Gasteiger partial charge >= 0.3 is 0 Å². The number of rotatable bonds is 8. The van der Waals surface area contributed by atoms with Crippen molar-refractivity contribution in [1.82, 2.24) is 0 Å². The maximum atomic E-state index is 5.60. The van der Waals surface area contributed by atoms with Gasteiger partial charge in [-0.25, -0.2) is 0 Å². The second-order valence-electron chi connectivity index (χ2n) is 4.74. The van der Waals surface area contributed by atoms with E-state index >= 15 is 0 Å². The van der Waals surface area contributed by atoms with E-state index < -0.39 is 0 Å². The first-order valence-electron chi connectivity index (χ1n) is 6.71. The Bertz CT molecular complexity index is 330. The molecule has 1 rings (SSSR count). The van der Waals surface area contributed by atoms with E-state index in [1.54, 1.807) is 0 Å². The predicted octanol–water partition coefficient (Wildman–Crippen LogP) is 4.03. The number of nitrogens with two attached hydrogens (primary N) is 1. The predicted molar refractivity (Wildman–Crippen MR) is 76.9 cm³/mol. The highest BCUT2D eigenvalue weighted by Crippen LogP contribution is 2.20. The third kappa shape index (κ3) is 5.18. The molecule has 1 atom stereocenters. The fourth-order valence-corrected chi connectivity index (χ4v) is 2.34. The zero-order chi connectivity index (χ0) is 12.5. The van der Waals surface area contributed by atoms with Crippen LogP contribution >= 0.6 is 0 Å². The van der Waals surface area contributed by atoms with Crippen molar-refractivity contribution in [1.29, 1.82) is 0 Å². The van der Waals surface area contributed by atoms with E-state index in [0.717, 1.165) is 18.9 Å². The molecule has 1 unspecified atom stereocenters. The van der Waals surface area contributed by atoms with Crippen LogP contribution in [0.3, 0.4) is 0 Å². The van der Waals surface area contributed by atoms with Crippen molar-refractivity contribution in [2.75, 3.05) is 6.54 Å². The number of benzene rings is 1. The highest BCUT2D eigenvalue weighted by atomic mass is 14.5. The maximum Gasteiger partial charge on any atom is -0.00772 e. The SMILES string of the molecule is C=Cc1cccc(CC(CCC)CCCN)c1. The summed E-state index contributed by atoms with van der Waals surface area (Å²) in [6.45, 7) is 6.89. The van der Waals surface area contributed by atoms with Gasteiger partial charge in [0.2, 0.25) is 0 Å². The van der Waals surface area contributed by atoms with Crippen molar-refractivity contribution < 1.29 is 0 Å². The van der Waals surface area contributed by atoms with Crippen LogP contribution in [0.25, 0.3) is 6.08 Å². The lowest BCUT2D eigenvalue weighted by atomic mass is 9.90. The third-order valence-corrected chi connectivity index (χ3v) is 3.22. The first-order chi connectivity index (χ1) is 8.30. The number of hydrogen-bond acceptors (Lipinski definition) is 1. The van der Waals surface area contributed by atoms with Crippen LogP contribution in [0.2, 0.25) is 0 Å². The molecule has 0 aliphatic rings. The van der Waals surface area contributed by atoms with Crippen LogP contribution in [0.4, 0.5) is 0 Å². The summed E-state index contributed by atoms with van der Waals surface area (Å²) < 4.78 is 0. The largest absolute Gasteiger partial charge is 0.330 e. The van der Waals surface area contributed by atoms with Gasteiger partial charge in [-0.3, -0.25) is 0 Å². The van der Waals surface area contributed by atoms with Crippen molar-refractivity contribution in [3.8, 4) is 0 Å². The van der Waals surface area contributed by atoms with Crippen molar-refractivity contribution in [2.45, 2.75) is 39.0 Å². The Morgan fingerprint density at radius 3 is 2.82 bits per heavy atom. The van der Waals surface area contributed by atoms with E-state index in [9.17, 15) is 0 Å². The molecule has 0 amide bonds. The monoisotopic (exact) mass is 231 g/mol. The highest BCUT2D eigenvalue weighted by Gasteiger charge is 2.08. The van der Waals surface area contributed by atoms with Gasteiger partial charge in [-0.15, -0.1) is 0 Å². The van der Waals surface area contributed by atoms with Crippen molar-refractivity contribution in [3.05, 3.63) is 42.0 Å².